The van der Waals surface area contributed by atoms with E-state index in [1.54, 1.807) is 42.9 Å². The lowest BCUT2D eigenvalue weighted by Gasteiger charge is -2.08. The summed E-state index contributed by atoms with van der Waals surface area (Å²) in [5, 5.41) is 3.17. The maximum Gasteiger partial charge on any atom is 0.272 e. The van der Waals surface area contributed by atoms with Crippen LogP contribution in [0.3, 0.4) is 0 Å². The number of hydrogen-bond donors (Lipinski definition) is 2. The third-order valence-corrected chi connectivity index (χ3v) is 2.77. The van der Waals surface area contributed by atoms with E-state index in [0.29, 0.717) is 27.9 Å². The first-order chi connectivity index (χ1) is 8.47. The number of aromatic nitrogens is 2. The van der Waals surface area contributed by atoms with Gasteiger partial charge in [-0.1, -0.05) is 11.6 Å². The SMILES string of the molecule is Cc1nc(Cl)ccc1NC(=O)c1cc(N)cn1C. The zero-order valence-electron chi connectivity index (χ0n) is 10.1. The van der Waals surface area contributed by atoms with E-state index in [4.69, 9.17) is 17.3 Å². The number of carbonyl (C=O) groups excluding carboxylic acids is 1. The number of amides is 1. The van der Waals surface area contributed by atoms with Gasteiger partial charge in [-0.25, -0.2) is 4.98 Å². The van der Waals surface area contributed by atoms with Crippen LogP contribution in [0.5, 0.6) is 0 Å². The summed E-state index contributed by atoms with van der Waals surface area (Å²) in [7, 11) is 1.76. The second-order valence-corrected chi connectivity index (χ2v) is 4.38. The van der Waals surface area contributed by atoms with Crippen molar-refractivity contribution in [3.05, 3.63) is 40.9 Å². The molecule has 0 radical (unpaired) electrons. The minimum Gasteiger partial charge on any atom is -0.397 e. The van der Waals surface area contributed by atoms with E-state index >= 15 is 0 Å². The fourth-order valence-electron chi connectivity index (χ4n) is 1.66. The van der Waals surface area contributed by atoms with Gasteiger partial charge in [-0.05, 0) is 25.1 Å². The minimum absolute atomic E-state index is 0.235. The summed E-state index contributed by atoms with van der Waals surface area (Å²) < 4.78 is 1.67. The highest BCUT2D eigenvalue weighted by molar-refractivity contribution is 6.29. The van der Waals surface area contributed by atoms with E-state index in [0.717, 1.165) is 0 Å². The van der Waals surface area contributed by atoms with E-state index in [2.05, 4.69) is 10.3 Å². The highest BCUT2D eigenvalue weighted by Crippen LogP contribution is 2.17. The number of carbonyl (C=O) groups is 1. The van der Waals surface area contributed by atoms with Crippen LogP contribution in [0.15, 0.2) is 24.4 Å². The Labute approximate surface area is 110 Å². The quantitative estimate of drug-likeness (QED) is 0.817. The Bertz CT molecular complexity index is 606. The average Bonchev–Trinajstić information content (AvgIpc) is 2.62. The van der Waals surface area contributed by atoms with Crippen molar-refractivity contribution in [2.24, 2.45) is 7.05 Å². The molecule has 1 amide bonds. The summed E-state index contributed by atoms with van der Waals surface area (Å²) in [5.41, 5.74) is 7.96. The molecule has 3 N–H and O–H groups in total. The standard InChI is InChI=1S/C12H13ClN4O/c1-7-9(3-4-11(13)15-7)16-12(18)10-5-8(14)6-17(10)2/h3-6H,14H2,1-2H3,(H,16,18). The fourth-order valence-corrected chi connectivity index (χ4v) is 1.85. The number of nitrogens with two attached hydrogens (primary N) is 1. The maximum absolute atomic E-state index is 12.0. The van der Waals surface area contributed by atoms with Crippen LogP contribution in [0.4, 0.5) is 11.4 Å². The molecule has 0 atom stereocenters. The first-order valence-corrected chi connectivity index (χ1v) is 5.71. The molecule has 0 aromatic carbocycles. The third kappa shape index (κ3) is 2.46. The van der Waals surface area contributed by atoms with Gasteiger partial charge in [0.1, 0.15) is 10.8 Å². The monoisotopic (exact) mass is 264 g/mol. The molecule has 0 unspecified atom stereocenters. The molecule has 5 nitrogen and oxygen atoms in total. The molecule has 0 fully saturated rings. The first kappa shape index (κ1) is 12.4. The molecule has 2 aromatic heterocycles. The second kappa shape index (κ2) is 4.70. The number of anilines is 2. The summed E-state index contributed by atoms with van der Waals surface area (Å²) in [6.07, 6.45) is 1.68. The van der Waals surface area contributed by atoms with E-state index in [-0.39, 0.29) is 5.91 Å². The molecule has 2 rings (SSSR count). The van der Waals surface area contributed by atoms with E-state index in [1.165, 1.54) is 0 Å². The molecule has 2 heterocycles. The van der Waals surface area contributed by atoms with Gasteiger partial charge in [0.25, 0.3) is 5.91 Å². The largest absolute Gasteiger partial charge is 0.397 e. The van der Waals surface area contributed by atoms with Gasteiger partial charge in [-0.2, -0.15) is 0 Å². The smallest absolute Gasteiger partial charge is 0.272 e. The van der Waals surface area contributed by atoms with Crippen LogP contribution in [0.1, 0.15) is 16.2 Å². The van der Waals surface area contributed by atoms with Gasteiger partial charge in [0.2, 0.25) is 0 Å². The Morgan fingerprint density at radius 1 is 1.50 bits per heavy atom. The molecule has 18 heavy (non-hydrogen) atoms. The van der Waals surface area contributed by atoms with Gasteiger partial charge >= 0.3 is 0 Å². The zero-order chi connectivity index (χ0) is 13.3. The van der Waals surface area contributed by atoms with Crippen LogP contribution < -0.4 is 11.1 Å². The van der Waals surface area contributed by atoms with Gasteiger partial charge in [-0.15, -0.1) is 0 Å². The molecule has 0 bridgehead atoms. The lowest BCUT2D eigenvalue weighted by molar-refractivity contribution is 0.101. The summed E-state index contributed by atoms with van der Waals surface area (Å²) in [6, 6.07) is 4.96. The van der Waals surface area contributed by atoms with E-state index in [9.17, 15) is 4.79 Å². The minimum atomic E-state index is -0.235. The molecule has 0 aliphatic rings. The normalized spacial score (nSPS) is 10.4. The number of nitrogen functional groups attached to an aromatic ring is 1. The lowest BCUT2D eigenvalue weighted by atomic mass is 10.3. The molecule has 2 aromatic rings. The zero-order valence-corrected chi connectivity index (χ0v) is 10.8. The number of halogens is 1. The Hall–Kier alpha value is -2.01. The average molecular weight is 265 g/mol. The number of aryl methyl sites for hydroxylation is 2. The topological polar surface area (TPSA) is 72.9 Å². The summed E-state index contributed by atoms with van der Waals surface area (Å²) in [5.74, 6) is -0.235. The van der Waals surface area contributed by atoms with Crippen molar-refractivity contribution in [2.45, 2.75) is 6.92 Å². The number of pyridine rings is 1. The van der Waals surface area contributed by atoms with Crippen LogP contribution >= 0.6 is 11.6 Å². The van der Waals surface area contributed by atoms with Gasteiger partial charge in [0.15, 0.2) is 0 Å². The van der Waals surface area contributed by atoms with Gasteiger partial charge in [-0.3, -0.25) is 4.79 Å². The van der Waals surface area contributed by atoms with Crippen molar-refractivity contribution >= 4 is 28.9 Å². The first-order valence-electron chi connectivity index (χ1n) is 5.33. The van der Waals surface area contributed by atoms with Gasteiger partial charge in [0, 0.05) is 13.2 Å². The molecule has 0 saturated heterocycles. The molecule has 0 aliphatic carbocycles. The predicted molar refractivity (Wildman–Crippen MR) is 71.8 cm³/mol. The number of nitrogens with one attached hydrogen (secondary N) is 1. The number of rotatable bonds is 2. The van der Waals surface area contributed by atoms with Crippen LogP contribution in [0.25, 0.3) is 0 Å². The van der Waals surface area contributed by atoms with E-state index < -0.39 is 0 Å². The Kier molecular flexibility index (Phi) is 3.25. The second-order valence-electron chi connectivity index (χ2n) is 3.99. The Morgan fingerprint density at radius 2 is 2.22 bits per heavy atom. The lowest BCUT2D eigenvalue weighted by Crippen LogP contribution is -2.16. The van der Waals surface area contributed by atoms with Crippen molar-refractivity contribution in [2.75, 3.05) is 11.1 Å². The predicted octanol–water partition coefficient (Wildman–Crippen LogP) is 2.22. The van der Waals surface area contributed by atoms with Crippen molar-refractivity contribution in [3.63, 3.8) is 0 Å². The molecule has 6 heteroatoms. The molecule has 0 spiro atoms. The fraction of sp³-hybridized carbons (Fsp3) is 0.167. The summed E-state index contributed by atoms with van der Waals surface area (Å²) in [6.45, 7) is 1.78. The molecule has 0 aliphatic heterocycles. The van der Waals surface area contributed by atoms with Crippen molar-refractivity contribution in [1.82, 2.24) is 9.55 Å². The van der Waals surface area contributed by atoms with Gasteiger partial charge in [0.05, 0.1) is 17.1 Å². The highest BCUT2D eigenvalue weighted by atomic mass is 35.5. The van der Waals surface area contributed by atoms with Crippen molar-refractivity contribution in [3.8, 4) is 0 Å². The Morgan fingerprint density at radius 3 is 2.78 bits per heavy atom. The van der Waals surface area contributed by atoms with Crippen molar-refractivity contribution in [1.29, 1.82) is 0 Å². The van der Waals surface area contributed by atoms with Gasteiger partial charge < -0.3 is 15.6 Å². The molecule has 0 saturated carbocycles. The third-order valence-electron chi connectivity index (χ3n) is 2.56. The summed E-state index contributed by atoms with van der Waals surface area (Å²) in [4.78, 5) is 16.1. The molecule has 94 valence electrons. The van der Waals surface area contributed by atoms with Crippen LogP contribution in [-0.2, 0) is 7.05 Å². The molecular weight excluding hydrogens is 252 g/mol. The Balaban J connectivity index is 2.24. The maximum atomic E-state index is 12.0. The van der Waals surface area contributed by atoms with Crippen LogP contribution in [0, 0.1) is 6.92 Å². The van der Waals surface area contributed by atoms with E-state index in [1.807, 2.05) is 0 Å². The van der Waals surface area contributed by atoms with Crippen molar-refractivity contribution < 1.29 is 4.79 Å². The highest BCUT2D eigenvalue weighted by Gasteiger charge is 2.12. The van der Waals surface area contributed by atoms with Crippen LogP contribution in [0.2, 0.25) is 5.15 Å². The number of nitrogens with zero attached hydrogens (tertiary/aromatic N) is 2. The number of hydrogen-bond acceptors (Lipinski definition) is 3. The summed E-state index contributed by atoms with van der Waals surface area (Å²) >= 11 is 5.75. The molecular formula is C12H13ClN4O. The van der Waals surface area contributed by atoms with Crippen LogP contribution in [-0.4, -0.2) is 15.5 Å².